The molecule has 2 amide bonds. The Morgan fingerprint density at radius 1 is 1.14 bits per heavy atom. The molecule has 0 radical (unpaired) electrons. The molecule has 0 spiro atoms. The van der Waals surface area contributed by atoms with Gasteiger partial charge in [0.1, 0.15) is 6.10 Å². The van der Waals surface area contributed by atoms with Crippen molar-refractivity contribution < 1.29 is 14.1 Å². The lowest BCUT2D eigenvalue weighted by molar-refractivity contribution is -0.0642. The van der Waals surface area contributed by atoms with E-state index in [1.54, 1.807) is 11.8 Å². The van der Waals surface area contributed by atoms with Crippen LogP contribution in [0.3, 0.4) is 0 Å². The van der Waals surface area contributed by atoms with Crippen molar-refractivity contribution >= 4 is 11.7 Å². The average Bonchev–Trinajstić information content (AvgIpc) is 3.15. The summed E-state index contributed by atoms with van der Waals surface area (Å²) in [6, 6.07) is 17.2. The number of carbonyl (C=O) groups excluding carboxylic acids is 1. The number of benzene rings is 2. The summed E-state index contributed by atoms with van der Waals surface area (Å²) in [4.78, 5) is 18.9. The Kier molecular flexibility index (Phi) is 5.08. The van der Waals surface area contributed by atoms with E-state index in [9.17, 15) is 4.79 Å². The van der Waals surface area contributed by atoms with Crippen LogP contribution in [0, 0.1) is 6.92 Å². The third-order valence-corrected chi connectivity index (χ3v) is 4.62. The molecule has 2 aromatic carbocycles. The van der Waals surface area contributed by atoms with Gasteiger partial charge in [-0.15, -0.1) is 0 Å². The van der Waals surface area contributed by atoms with E-state index in [0.717, 1.165) is 11.1 Å². The number of nitrogens with zero attached hydrogens (tertiary/aromatic N) is 3. The Morgan fingerprint density at radius 3 is 2.71 bits per heavy atom. The maximum atomic E-state index is 12.9. The number of aryl methyl sites for hydroxylation is 1. The van der Waals surface area contributed by atoms with E-state index in [1.807, 2.05) is 61.5 Å². The number of urea groups is 1. The molecule has 0 unspecified atom stereocenters. The Hall–Kier alpha value is -3.19. The third-order valence-electron chi connectivity index (χ3n) is 4.62. The molecule has 0 saturated carbocycles. The fourth-order valence-electron chi connectivity index (χ4n) is 3.32. The number of hydrogen-bond acceptors (Lipinski definition) is 5. The standard InChI is InChI=1S/C21H22N4O3/c1-14-12-25(13-19(27-14)16-7-4-3-5-8-16)21(26)23-18-10-6-9-17(11-18)20-22-15(2)28-24-20/h3-11,14,19H,12-13H2,1-2H3,(H,23,26)/t14-,19+/m0/s1. The Morgan fingerprint density at radius 2 is 1.96 bits per heavy atom. The predicted octanol–water partition coefficient (Wildman–Crippen LogP) is 4.04. The summed E-state index contributed by atoms with van der Waals surface area (Å²) in [6.45, 7) is 4.77. The summed E-state index contributed by atoms with van der Waals surface area (Å²) in [7, 11) is 0. The maximum absolute atomic E-state index is 12.9. The minimum atomic E-state index is -0.155. The van der Waals surface area contributed by atoms with Gasteiger partial charge < -0.3 is 19.5 Å². The zero-order valence-electron chi connectivity index (χ0n) is 15.8. The van der Waals surface area contributed by atoms with Crippen LogP contribution in [0.1, 0.15) is 24.5 Å². The van der Waals surface area contributed by atoms with E-state index in [0.29, 0.717) is 30.5 Å². The lowest BCUT2D eigenvalue weighted by atomic mass is 10.1. The van der Waals surface area contributed by atoms with Crippen LogP contribution in [0.15, 0.2) is 59.1 Å². The van der Waals surface area contributed by atoms with Crippen molar-refractivity contribution in [2.24, 2.45) is 0 Å². The highest BCUT2D eigenvalue weighted by Crippen LogP contribution is 2.26. The summed E-state index contributed by atoms with van der Waals surface area (Å²) >= 11 is 0. The molecule has 144 valence electrons. The Balaban J connectivity index is 1.47. The minimum Gasteiger partial charge on any atom is -0.367 e. The molecule has 7 heteroatoms. The summed E-state index contributed by atoms with van der Waals surface area (Å²) < 4.78 is 11.1. The van der Waals surface area contributed by atoms with Crippen LogP contribution in [0.5, 0.6) is 0 Å². The van der Waals surface area contributed by atoms with E-state index >= 15 is 0 Å². The number of aromatic nitrogens is 2. The molecule has 1 N–H and O–H groups in total. The highest BCUT2D eigenvalue weighted by Gasteiger charge is 2.29. The van der Waals surface area contributed by atoms with E-state index < -0.39 is 0 Å². The second-order valence-corrected chi connectivity index (χ2v) is 6.90. The summed E-state index contributed by atoms with van der Waals surface area (Å²) in [5.74, 6) is 0.997. The molecule has 1 fully saturated rings. The first-order chi connectivity index (χ1) is 13.6. The van der Waals surface area contributed by atoms with Gasteiger partial charge in [-0.25, -0.2) is 4.79 Å². The van der Waals surface area contributed by atoms with Crippen LogP contribution in [-0.2, 0) is 4.74 Å². The topological polar surface area (TPSA) is 80.5 Å². The first kappa shape index (κ1) is 18.2. The van der Waals surface area contributed by atoms with Gasteiger partial charge in [0.2, 0.25) is 11.7 Å². The zero-order valence-corrected chi connectivity index (χ0v) is 15.8. The summed E-state index contributed by atoms with van der Waals surface area (Å²) in [6.07, 6.45) is -0.178. The maximum Gasteiger partial charge on any atom is 0.322 e. The molecule has 0 aliphatic carbocycles. The van der Waals surface area contributed by atoms with E-state index in [4.69, 9.17) is 9.26 Å². The highest BCUT2D eigenvalue weighted by molar-refractivity contribution is 5.90. The van der Waals surface area contributed by atoms with Crippen LogP contribution >= 0.6 is 0 Å². The van der Waals surface area contributed by atoms with Gasteiger partial charge in [-0.05, 0) is 24.6 Å². The van der Waals surface area contributed by atoms with E-state index in [-0.39, 0.29) is 18.2 Å². The fourth-order valence-corrected chi connectivity index (χ4v) is 3.32. The molecule has 0 bridgehead atoms. The van der Waals surface area contributed by atoms with Gasteiger partial charge in [0.25, 0.3) is 0 Å². The first-order valence-corrected chi connectivity index (χ1v) is 9.25. The summed E-state index contributed by atoms with van der Waals surface area (Å²) in [5.41, 5.74) is 2.54. The minimum absolute atomic E-state index is 0.0432. The van der Waals surface area contributed by atoms with Gasteiger partial charge in [0, 0.05) is 24.7 Å². The molecule has 1 saturated heterocycles. The lowest BCUT2D eigenvalue weighted by Gasteiger charge is -2.37. The second kappa shape index (κ2) is 7.82. The summed E-state index contributed by atoms with van der Waals surface area (Å²) in [5, 5.41) is 6.89. The Bertz CT molecular complexity index is 957. The van der Waals surface area contributed by atoms with Crippen LogP contribution < -0.4 is 5.32 Å². The third kappa shape index (κ3) is 4.04. The molecule has 2 atom stereocenters. The van der Waals surface area contributed by atoms with Gasteiger partial charge >= 0.3 is 6.03 Å². The van der Waals surface area contributed by atoms with Crippen LogP contribution in [0.4, 0.5) is 10.5 Å². The normalized spacial score (nSPS) is 19.4. The average molecular weight is 378 g/mol. The highest BCUT2D eigenvalue weighted by atomic mass is 16.5. The van der Waals surface area contributed by atoms with E-state index in [2.05, 4.69) is 15.5 Å². The molecule has 4 rings (SSSR count). The van der Waals surface area contributed by atoms with Crippen molar-refractivity contribution in [2.45, 2.75) is 26.1 Å². The number of amides is 2. The van der Waals surface area contributed by atoms with Crippen molar-refractivity contribution in [1.82, 2.24) is 15.0 Å². The molecule has 2 heterocycles. The molecular weight excluding hydrogens is 356 g/mol. The van der Waals surface area contributed by atoms with Gasteiger partial charge in [-0.3, -0.25) is 0 Å². The van der Waals surface area contributed by atoms with Gasteiger partial charge in [0.15, 0.2) is 0 Å². The van der Waals surface area contributed by atoms with Crippen LogP contribution in [0.25, 0.3) is 11.4 Å². The van der Waals surface area contributed by atoms with Crippen molar-refractivity contribution in [1.29, 1.82) is 0 Å². The number of nitrogens with one attached hydrogen (secondary N) is 1. The van der Waals surface area contributed by atoms with Crippen LogP contribution in [0.2, 0.25) is 0 Å². The monoisotopic (exact) mass is 378 g/mol. The zero-order chi connectivity index (χ0) is 19.5. The van der Waals surface area contributed by atoms with E-state index in [1.165, 1.54) is 0 Å². The van der Waals surface area contributed by atoms with Crippen LogP contribution in [-0.4, -0.2) is 40.3 Å². The first-order valence-electron chi connectivity index (χ1n) is 9.25. The molecule has 28 heavy (non-hydrogen) atoms. The van der Waals surface area contributed by atoms with Crippen molar-refractivity contribution in [3.05, 3.63) is 66.1 Å². The Labute approximate surface area is 163 Å². The number of carbonyl (C=O) groups is 1. The number of ether oxygens (including phenoxy) is 1. The molecule has 1 aromatic heterocycles. The number of rotatable bonds is 3. The molecular formula is C21H22N4O3. The number of anilines is 1. The second-order valence-electron chi connectivity index (χ2n) is 6.90. The lowest BCUT2D eigenvalue weighted by Crippen LogP contribution is -2.47. The molecule has 3 aromatic rings. The molecule has 1 aliphatic heterocycles. The van der Waals surface area contributed by atoms with Crippen molar-refractivity contribution in [2.75, 3.05) is 18.4 Å². The predicted molar refractivity (Wildman–Crippen MR) is 105 cm³/mol. The van der Waals surface area contributed by atoms with Gasteiger partial charge in [-0.2, -0.15) is 4.98 Å². The van der Waals surface area contributed by atoms with Gasteiger partial charge in [0.05, 0.1) is 12.6 Å². The largest absolute Gasteiger partial charge is 0.367 e. The number of hydrogen-bond donors (Lipinski definition) is 1. The number of morpholine rings is 1. The quantitative estimate of drug-likeness (QED) is 0.744. The SMILES string of the molecule is Cc1nc(-c2cccc(NC(=O)N3C[C@H](C)O[C@@H](c4ccccc4)C3)c2)no1. The van der Waals surface area contributed by atoms with Gasteiger partial charge in [-0.1, -0.05) is 47.6 Å². The smallest absolute Gasteiger partial charge is 0.322 e. The molecule has 7 nitrogen and oxygen atoms in total. The van der Waals surface area contributed by atoms with Crippen molar-refractivity contribution in [3.63, 3.8) is 0 Å². The fraction of sp³-hybridized carbons (Fsp3) is 0.286. The molecule has 1 aliphatic rings. The van der Waals surface area contributed by atoms with Crippen molar-refractivity contribution in [3.8, 4) is 11.4 Å².